The second-order valence-electron chi connectivity index (χ2n) is 10.2. The number of aliphatic hydroxyl groups is 5. The van der Waals surface area contributed by atoms with Gasteiger partial charge in [0.25, 0.3) is 0 Å². The molecule has 2 aliphatic heterocycles. The van der Waals surface area contributed by atoms with Crippen LogP contribution in [0.2, 0.25) is 0 Å². The summed E-state index contributed by atoms with van der Waals surface area (Å²) in [4.78, 5) is 12.9. The molecule has 4 rings (SSSR count). The van der Waals surface area contributed by atoms with Crippen molar-refractivity contribution in [3.8, 4) is 28.7 Å². The second-order valence-corrected chi connectivity index (χ2v) is 10.2. The highest BCUT2D eigenvalue weighted by atomic mass is 16.7. The van der Waals surface area contributed by atoms with Crippen LogP contribution in [-0.2, 0) is 14.2 Å². The van der Waals surface area contributed by atoms with Gasteiger partial charge in [0.15, 0.2) is 23.6 Å². The van der Waals surface area contributed by atoms with Crippen molar-refractivity contribution in [3.63, 3.8) is 0 Å². The van der Waals surface area contributed by atoms with E-state index in [0.717, 1.165) is 6.07 Å². The molecule has 1 saturated heterocycles. The molecule has 1 fully saturated rings. The normalized spacial score (nSPS) is 27.9. The van der Waals surface area contributed by atoms with Crippen molar-refractivity contribution in [3.05, 3.63) is 41.5 Å². The molecule has 9 atom stereocenters. The molecular formula is C28H36O14. The number of hydrogen-bond acceptors (Lipinski definition) is 14. The number of carbonyl (C=O) groups is 1. The summed E-state index contributed by atoms with van der Waals surface area (Å²) >= 11 is 0. The predicted octanol–water partition coefficient (Wildman–Crippen LogP) is 0.120. The zero-order valence-electron chi connectivity index (χ0n) is 23.2. The molecule has 14 nitrogen and oxygen atoms in total. The van der Waals surface area contributed by atoms with Crippen LogP contribution in [0.1, 0.15) is 42.3 Å². The number of hydrogen-bond donors (Lipinski definition) is 7. The van der Waals surface area contributed by atoms with Gasteiger partial charge in [-0.1, -0.05) is 6.07 Å². The van der Waals surface area contributed by atoms with E-state index in [4.69, 9.17) is 28.4 Å². The van der Waals surface area contributed by atoms with Crippen LogP contribution in [0.4, 0.5) is 0 Å². The third-order valence-corrected chi connectivity index (χ3v) is 6.97. The molecule has 0 amide bonds. The highest BCUT2D eigenvalue weighted by Crippen LogP contribution is 2.43. The van der Waals surface area contributed by atoms with Crippen LogP contribution in [0, 0.1) is 0 Å². The zero-order valence-corrected chi connectivity index (χ0v) is 23.2. The minimum Gasteiger partial charge on any atom is -0.507 e. The molecule has 14 heteroatoms. The Balaban J connectivity index is 1.46. The standard InChI is InChI=1S/C28H36O14/c1-12(11-38-28-26(36)25(35)24(34)13(2)40-28)39-27(19(33)10-29)41-15-7-17(31)23-18(32)9-21(42-22(23)8-15)14-4-5-20(37-3)16(30)6-14/h4-8,12-13,19,21,24-31,33-36H,9-11H2,1-3H3/t12?,13?,19-,21?,24?,25?,26?,27?,28?/m0/s1. The maximum absolute atomic E-state index is 12.9. The molecule has 232 valence electrons. The summed E-state index contributed by atoms with van der Waals surface area (Å²) < 4.78 is 33.3. The lowest BCUT2D eigenvalue weighted by atomic mass is 9.95. The van der Waals surface area contributed by atoms with Gasteiger partial charge in [-0.3, -0.25) is 4.79 Å². The highest BCUT2D eigenvalue weighted by Gasteiger charge is 2.42. The van der Waals surface area contributed by atoms with Gasteiger partial charge in [0, 0.05) is 12.1 Å². The summed E-state index contributed by atoms with van der Waals surface area (Å²) in [5.74, 6) is -0.797. The third-order valence-electron chi connectivity index (χ3n) is 6.97. The maximum atomic E-state index is 12.9. The van der Waals surface area contributed by atoms with Gasteiger partial charge >= 0.3 is 0 Å². The van der Waals surface area contributed by atoms with E-state index in [-0.39, 0.29) is 41.6 Å². The van der Waals surface area contributed by atoms with E-state index < -0.39 is 73.4 Å². The second kappa shape index (κ2) is 13.4. The lowest BCUT2D eigenvalue weighted by Crippen LogP contribution is -2.57. The van der Waals surface area contributed by atoms with Gasteiger partial charge in [0.05, 0.1) is 39.0 Å². The number of methoxy groups -OCH3 is 1. The topological polar surface area (TPSA) is 214 Å². The van der Waals surface area contributed by atoms with E-state index in [1.54, 1.807) is 13.0 Å². The SMILES string of the molecule is COc1ccc(C2CC(=O)c3c(O)cc(OC(OC(C)COC4OC(C)C(O)C(O)C4O)[C@@H](O)CO)cc3O2)cc1O. The first-order chi connectivity index (χ1) is 19.9. The lowest BCUT2D eigenvalue weighted by Gasteiger charge is -2.39. The summed E-state index contributed by atoms with van der Waals surface area (Å²) in [6.07, 6.45) is -11.1. The summed E-state index contributed by atoms with van der Waals surface area (Å²) in [7, 11) is 1.40. The molecule has 2 aromatic rings. The monoisotopic (exact) mass is 596 g/mol. The summed E-state index contributed by atoms with van der Waals surface area (Å²) in [6.45, 7) is 2.09. The van der Waals surface area contributed by atoms with E-state index in [1.807, 2.05) is 0 Å². The van der Waals surface area contributed by atoms with Crippen molar-refractivity contribution in [1.29, 1.82) is 0 Å². The Kier molecular flexibility index (Phi) is 10.1. The molecule has 42 heavy (non-hydrogen) atoms. The smallest absolute Gasteiger partial charge is 0.228 e. The number of ether oxygens (including phenoxy) is 6. The van der Waals surface area contributed by atoms with Crippen molar-refractivity contribution < 1.29 is 69.0 Å². The Morgan fingerprint density at radius 1 is 1.05 bits per heavy atom. The maximum Gasteiger partial charge on any atom is 0.228 e. The number of benzene rings is 2. The van der Waals surface area contributed by atoms with Gasteiger partial charge in [0.1, 0.15) is 53.3 Å². The van der Waals surface area contributed by atoms with Crippen molar-refractivity contribution in [2.45, 2.75) is 75.6 Å². The molecule has 2 heterocycles. The number of phenolic OH excluding ortho intramolecular Hbond substituents is 2. The Hall–Kier alpha value is -3.21. The van der Waals surface area contributed by atoms with E-state index >= 15 is 0 Å². The number of carbonyl (C=O) groups excluding carboxylic acids is 1. The molecule has 2 aromatic carbocycles. The fourth-order valence-electron chi connectivity index (χ4n) is 4.64. The molecule has 0 radical (unpaired) electrons. The number of rotatable bonds is 11. The third kappa shape index (κ3) is 6.88. The number of phenols is 2. The van der Waals surface area contributed by atoms with Gasteiger partial charge in [-0.2, -0.15) is 0 Å². The number of Topliss-reactive ketones (excluding diaryl/α,β-unsaturated/α-hetero) is 1. The van der Waals surface area contributed by atoms with Crippen LogP contribution in [0.5, 0.6) is 28.7 Å². The van der Waals surface area contributed by atoms with Gasteiger partial charge < -0.3 is 64.2 Å². The molecule has 0 saturated carbocycles. The van der Waals surface area contributed by atoms with Gasteiger partial charge in [0.2, 0.25) is 6.29 Å². The average Bonchev–Trinajstić information content (AvgIpc) is 2.95. The first-order valence-corrected chi connectivity index (χ1v) is 13.3. The molecular weight excluding hydrogens is 560 g/mol. The van der Waals surface area contributed by atoms with Crippen LogP contribution in [0.25, 0.3) is 0 Å². The summed E-state index contributed by atoms with van der Waals surface area (Å²) in [5.41, 5.74) is 0.429. The van der Waals surface area contributed by atoms with Crippen molar-refractivity contribution in [2.24, 2.45) is 0 Å². The van der Waals surface area contributed by atoms with E-state index in [9.17, 15) is 40.5 Å². The number of ketones is 1. The van der Waals surface area contributed by atoms with Crippen molar-refractivity contribution in [2.75, 3.05) is 20.3 Å². The van der Waals surface area contributed by atoms with Crippen LogP contribution < -0.4 is 14.2 Å². The zero-order chi connectivity index (χ0) is 30.7. The Morgan fingerprint density at radius 2 is 1.79 bits per heavy atom. The fraction of sp³-hybridized carbons (Fsp3) is 0.536. The summed E-state index contributed by atoms with van der Waals surface area (Å²) in [6, 6.07) is 7.04. The van der Waals surface area contributed by atoms with E-state index in [2.05, 4.69) is 0 Å². The lowest BCUT2D eigenvalue weighted by molar-refractivity contribution is -0.300. The highest BCUT2D eigenvalue weighted by molar-refractivity contribution is 6.02. The minimum absolute atomic E-state index is 0.00604. The van der Waals surface area contributed by atoms with Gasteiger partial charge in [-0.05, 0) is 31.5 Å². The van der Waals surface area contributed by atoms with Gasteiger partial charge in [-0.25, -0.2) is 0 Å². The van der Waals surface area contributed by atoms with E-state index in [1.165, 1.54) is 32.2 Å². The molecule has 8 unspecified atom stereocenters. The molecule has 7 N–H and O–H groups in total. The first-order valence-electron chi connectivity index (χ1n) is 13.3. The number of fused-ring (bicyclic) bond motifs is 1. The Labute approximate surface area is 241 Å². The van der Waals surface area contributed by atoms with Crippen molar-refractivity contribution >= 4 is 5.78 Å². The molecule has 0 spiro atoms. The molecule has 0 bridgehead atoms. The van der Waals surface area contributed by atoms with Gasteiger partial charge in [-0.15, -0.1) is 0 Å². The largest absolute Gasteiger partial charge is 0.507 e. The number of aliphatic hydroxyl groups excluding tert-OH is 5. The fourth-order valence-corrected chi connectivity index (χ4v) is 4.64. The molecule has 0 aromatic heterocycles. The average molecular weight is 597 g/mol. The van der Waals surface area contributed by atoms with Crippen LogP contribution in [-0.4, -0.2) is 111 Å². The van der Waals surface area contributed by atoms with Crippen molar-refractivity contribution in [1.82, 2.24) is 0 Å². The Bertz CT molecular complexity index is 1240. The predicted molar refractivity (Wildman–Crippen MR) is 141 cm³/mol. The Morgan fingerprint density at radius 3 is 2.45 bits per heavy atom. The minimum atomic E-state index is -1.54. The molecule has 2 aliphatic rings. The van der Waals surface area contributed by atoms with E-state index in [0.29, 0.717) is 5.56 Å². The quantitative estimate of drug-likeness (QED) is 0.172. The van der Waals surface area contributed by atoms with Crippen LogP contribution in [0.15, 0.2) is 30.3 Å². The number of aromatic hydroxyl groups is 2. The molecule has 0 aliphatic carbocycles. The summed E-state index contributed by atoms with van der Waals surface area (Å²) in [5, 5.41) is 70.6. The first kappa shape index (κ1) is 31.7. The van der Waals surface area contributed by atoms with Crippen LogP contribution in [0.3, 0.4) is 0 Å². The van der Waals surface area contributed by atoms with Crippen LogP contribution >= 0.6 is 0 Å².